The first-order valence-electron chi connectivity index (χ1n) is 10.8. The molecule has 0 radical (unpaired) electrons. The van der Waals surface area contributed by atoms with Gasteiger partial charge in [0.2, 0.25) is 0 Å². The number of anilines is 1. The van der Waals surface area contributed by atoms with Gasteiger partial charge in [-0.3, -0.25) is 14.5 Å². The smallest absolute Gasteiger partial charge is 0.300 e. The topological polar surface area (TPSA) is 89.2 Å². The summed E-state index contributed by atoms with van der Waals surface area (Å²) >= 11 is 0. The van der Waals surface area contributed by atoms with Gasteiger partial charge in [-0.15, -0.1) is 0 Å². The molecule has 1 saturated heterocycles. The molecule has 3 aromatic rings. The molecule has 1 atom stereocenters. The van der Waals surface area contributed by atoms with Crippen molar-refractivity contribution in [3.05, 3.63) is 83.3 Å². The molecule has 170 valence electrons. The lowest BCUT2D eigenvalue weighted by molar-refractivity contribution is -0.132. The number of aliphatic hydroxyl groups is 1. The second-order valence-electron chi connectivity index (χ2n) is 7.49. The van der Waals surface area contributed by atoms with Gasteiger partial charge in [0, 0.05) is 11.8 Å². The summed E-state index contributed by atoms with van der Waals surface area (Å²) in [7, 11) is 0. The number of ketones is 1. The molecule has 1 unspecified atom stereocenters. The quantitative estimate of drug-likeness (QED) is 0.311. The molecule has 2 heterocycles. The Morgan fingerprint density at radius 2 is 1.79 bits per heavy atom. The minimum Gasteiger partial charge on any atom is -0.507 e. The fourth-order valence-corrected chi connectivity index (χ4v) is 4.01. The highest BCUT2D eigenvalue weighted by atomic mass is 16.5. The number of hydrogen-bond acceptors (Lipinski definition) is 6. The fraction of sp³-hybridized carbons (Fsp3) is 0.231. The van der Waals surface area contributed by atoms with Crippen LogP contribution in [0.3, 0.4) is 0 Å². The van der Waals surface area contributed by atoms with Crippen LogP contribution in [0.1, 0.15) is 36.8 Å². The van der Waals surface area contributed by atoms with Gasteiger partial charge in [-0.25, -0.2) is 0 Å². The molecule has 1 aliphatic rings. The van der Waals surface area contributed by atoms with Gasteiger partial charge in [-0.05, 0) is 56.7 Å². The maximum absolute atomic E-state index is 13.2. The van der Waals surface area contributed by atoms with Crippen LogP contribution in [0.5, 0.6) is 11.5 Å². The molecular formula is C26H25NO6. The van der Waals surface area contributed by atoms with Crippen molar-refractivity contribution in [2.75, 3.05) is 18.1 Å². The first kappa shape index (κ1) is 22.2. The molecule has 7 heteroatoms. The number of ether oxygens (including phenoxy) is 2. The molecule has 0 saturated carbocycles. The van der Waals surface area contributed by atoms with E-state index in [4.69, 9.17) is 13.9 Å². The Morgan fingerprint density at radius 1 is 1.03 bits per heavy atom. The summed E-state index contributed by atoms with van der Waals surface area (Å²) in [6, 6.07) is 14.6. The number of amides is 1. The average Bonchev–Trinajstić information content (AvgIpc) is 3.42. The third-order valence-corrected chi connectivity index (χ3v) is 5.45. The van der Waals surface area contributed by atoms with Crippen LogP contribution in [0.2, 0.25) is 0 Å². The largest absolute Gasteiger partial charge is 0.507 e. The van der Waals surface area contributed by atoms with E-state index < -0.39 is 17.7 Å². The van der Waals surface area contributed by atoms with E-state index >= 15 is 0 Å². The zero-order valence-electron chi connectivity index (χ0n) is 18.7. The molecular weight excluding hydrogens is 422 g/mol. The van der Waals surface area contributed by atoms with Crippen LogP contribution < -0.4 is 14.4 Å². The van der Waals surface area contributed by atoms with Crippen LogP contribution in [0.4, 0.5) is 5.69 Å². The average molecular weight is 447 g/mol. The molecule has 4 rings (SSSR count). The zero-order chi connectivity index (χ0) is 23.5. The number of aryl methyl sites for hydroxylation is 1. The van der Waals surface area contributed by atoms with Crippen LogP contribution in [-0.4, -0.2) is 30.0 Å². The molecule has 1 fully saturated rings. The number of hydrogen-bond donors (Lipinski definition) is 1. The van der Waals surface area contributed by atoms with E-state index in [2.05, 4.69) is 0 Å². The summed E-state index contributed by atoms with van der Waals surface area (Å²) in [6.07, 6.45) is 1.47. The third kappa shape index (κ3) is 3.98. The molecule has 1 aromatic heterocycles. The van der Waals surface area contributed by atoms with Crippen LogP contribution in [0.15, 0.2) is 70.9 Å². The maximum Gasteiger partial charge on any atom is 0.300 e. The van der Waals surface area contributed by atoms with Crippen molar-refractivity contribution in [3.63, 3.8) is 0 Å². The number of furan rings is 1. The van der Waals surface area contributed by atoms with Gasteiger partial charge in [0.05, 0.1) is 30.6 Å². The number of Topliss-reactive ketones (excluding diaryl/α,β-unsaturated/α-hetero) is 1. The number of benzene rings is 2. The van der Waals surface area contributed by atoms with Gasteiger partial charge in [-0.2, -0.15) is 0 Å². The van der Waals surface area contributed by atoms with Crippen molar-refractivity contribution in [1.82, 2.24) is 0 Å². The van der Waals surface area contributed by atoms with Crippen LogP contribution >= 0.6 is 0 Å². The van der Waals surface area contributed by atoms with E-state index in [-0.39, 0.29) is 11.3 Å². The molecule has 1 amide bonds. The molecule has 0 spiro atoms. The number of aliphatic hydroxyl groups excluding tert-OH is 1. The summed E-state index contributed by atoms with van der Waals surface area (Å²) in [5.41, 5.74) is 1.60. The number of para-hydroxylation sites is 1. The van der Waals surface area contributed by atoms with Crippen LogP contribution in [0.25, 0.3) is 5.76 Å². The van der Waals surface area contributed by atoms with E-state index in [0.717, 1.165) is 5.56 Å². The van der Waals surface area contributed by atoms with E-state index in [0.29, 0.717) is 41.7 Å². The number of rotatable bonds is 7. The maximum atomic E-state index is 13.2. The minimum absolute atomic E-state index is 0.0664. The molecule has 0 aliphatic carbocycles. The van der Waals surface area contributed by atoms with E-state index in [9.17, 15) is 14.7 Å². The second-order valence-corrected chi connectivity index (χ2v) is 7.49. The molecule has 1 aliphatic heterocycles. The van der Waals surface area contributed by atoms with Crippen molar-refractivity contribution < 1.29 is 28.6 Å². The standard InChI is InChI=1S/C26H25NO6/c1-4-31-17-12-13-18(21(15-17)32-5-2)24(28)22-23(20-11-8-14-33-20)27(26(30)25(22)29)19-10-7-6-9-16(19)3/h6-15,23,28H,4-5H2,1-3H3/b24-22-. The monoisotopic (exact) mass is 447 g/mol. The molecule has 33 heavy (non-hydrogen) atoms. The molecule has 1 N–H and O–H groups in total. The van der Waals surface area contributed by atoms with Crippen molar-refractivity contribution in [3.8, 4) is 11.5 Å². The van der Waals surface area contributed by atoms with E-state index in [1.54, 1.807) is 42.5 Å². The van der Waals surface area contributed by atoms with Gasteiger partial charge in [-0.1, -0.05) is 18.2 Å². The van der Waals surface area contributed by atoms with Gasteiger partial charge in [0.25, 0.3) is 11.7 Å². The lowest BCUT2D eigenvalue weighted by Gasteiger charge is -2.25. The zero-order valence-corrected chi connectivity index (χ0v) is 18.7. The third-order valence-electron chi connectivity index (χ3n) is 5.45. The predicted octanol–water partition coefficient (Wildman–Crippen LogP) is 5.01. The summed E-state index contributed by atoms with van der Waals surface area (Å²) in [5, 5.41) is 11.4. The van der Waals surface area contributed by atoms with Crippen molar-refractivity contribution in [1.29, 1.82) is 0 Å². The highest BCUT2D eigenvalue weighted by Gasteiger charge is 2.48. The Bertz CT molecular complexity index is 1210. The Hall–Kier alpha value is -4.00. The Labute approximate surface area is 191 Å². The Morgan fingerprint density at radius 3 is 2.45 bits per heavy atom. The lowest BCUT2D eigenvalue weighted by Crippen LogP contribution is -2.29. The van der Waals surface area contributed by atoms with Crippen molar-refractivity contribution in [2.24, 2.45) is 0 Å². The molecule has 0 bridgehead atoms. The van der Waals surface area contributed by atoms with E-state index in [1.807, 2.05) is 32.9 Å². The van der Waals surface area contributed by atoms with Crippen LogP contribution in [-0.2, 0) is 9.59 Å². The summed E-state index contributed by atoms with van der Waals surface area (Å²) in [4.78, 5) is 27.8. The van der Waals surface area contributed by atoms with Gasteiger partial charge >= 0.3 is 0 Å². The fourth-order valence-electron chi connectivity index (χ4n) is 4.01. The number of carbonyl (C=O) groups is 2. The second kappa shape index (κ2) is 9.24. The SMILES string of the molecule is CCOc1ccc(/C(O)=C2/C(=O)C(=O)N(c3ccccc3C)C2c2ccco2)c(OCC)c1. The number of carbonyl (C=O) groups excluding carboxylic acids is 2. The predicted molar refractivity (Wildman–Crippen MR) is 123 cm³/mol. The lowest BCUT2D eigenvalue weighted by atomic mass is 9.98. The van der Waals surface area contributed by atoms with Crippen molar-refractivity contribution >= 4 is 23.1 Å². The van der Waals surface area contributed by atoms with Gasteiger partial charge < -0.3 is 19.0 Å². The summed E-state index contributed by atoms with van der Waals surface area (Å²) < 4.78 is 16.9. The van der Waals surface area contributed by atoms with Gasteiger partial charge in [0.15, 0.2) is 0 Å². The summed E-state index contributed by atoms with van der Waals surface area (Å²) in [5.74, 6) is -0.591. The first-order valence-corrected chi connectivity index (χ1v) is 10.8. The summed E-state index contributed by atoms with van der Waals surface area (Å²) in [6.45, 7) is 6.35. The Balaban J connectivity index is 1.92. The van der Waals surface area contributed by atoms with Gasteiger partial charge in [0.1, 0.15) is 29.1 Å². The van der Waals surface area contributed by atoms with E-state index in [1.165, 1.54) is 11.2 Å². The van der Waals surface area contributed by atoms with Crippen molar-refractivity contribution in [2.45, 2.75) is 26.8 Å². The van der Waals surface area contributed by atoms with Crippen LogP contribution in [0, 0.1) is 6.92 Å². The Kier molecular flexibility index (Phi) is 6.22. The normalized spacial score (nSPS) is 17.4. The molecule has 7 nitrogen and oxygen atoms in total. The molecule has 2 aromatic carbocycles. The number of nitrogens with zero attached hydrogens (tertiary/aromatic N) is 1. The highest BCUT2D eigenvalue weighted by molar-refractivity contribution is 6.51. The minimum atomic E-state index is -0.929. The first-order chi connectivity index (χ1) is 16.0. The highest BCUT2D eigenvalue weighted by Crippen LogP contribution is 2.44.